The number of rotatable bonds is 3. The number of halogens is 1. The maximum absolute atomic E-state index is 12.1. The quantitative estimate of drug-likeness (QED) is 0.801. The van der Waals surface area contributed by atoms with Crippen molar-refractivity contribution in [3.63, 3.8) is 0 Å². The summed E-state index contributed by atoms with van der Waals surface area (Å²) in [6, 6.07) is 6.00. The van der Waals surface area contributed by atoms with Crippen LogP contribution in [-0.4, -0.2) is 30.2 Å². The maximum Gasteiger partial charge on any atom is 0.253 e. The highest BCUT2D eigenvalue weighted by molar-refractivity contribution is 6.36. The number of hydrogen-bond acceptors (Lipinski definition) is 2. The second-order valence-electron chi connectivity index (χ2n) is 7.35. The van der Waals surface area contributed by atoms with Gasteiger partial charge in [-0.3, -0.25) is 4.79 Å². The molecule has 2 atom stereocenters. The monoisotopic (exact) mass is 372 g/mol. The van der Waals surface area contributed by atoms with E-state index in [9.17, 15) is 4.79 Å². The van der Waals surface area contributed by atoms with Gasteiger partial charge >= 0.3 is 0 Å². The van der Waals surface area contributed by atoms with E-state index in [1.165, 1.54) is 19.3 Å². The molecule has 2 heterocycles. The number of hydrogen-bond donors (Lipinski definition) is 1. The van der Waals surface area contributed by atoms with Crippen LogP contribution in [0, 0.1) is 11.8 Å². The van der Waals surface area contributed by atoms with Gasteiger partial charge in [0.15, 0.2) is 0 Å². The first-order valence-corrected chi connectivity index (χ1v) is 9.88. The Kier molecular flexibility index (Phi) is 5.05. The van der Waals surface area contributed by atoms with Gasteiger partial charge in [-0.1, -0.05) is 29.8 Å². The third kappa shape index (κ3) is 3.28. The standard InChI is InChI=1S/C14H15ClN2O2.C7H10/c1-2-16-14(18)10-6-17(9-7-19-8-9)12-5-3-4-11(15)13(10)12;1-2-7-4-3-6(1)5-7/h3-6,9H,2,7-8H2,1H3,(H,16,18);1-2,6-7H,3-5H2/t;6-,7?/m.1/s1. The zero-order chi connectivity index (χ0) is 18.1. The number of aromatic nitrogens is 1. The van der Waals surface area contributed by atoms with Crippen molar-refractivity contribution in [3.8, 4) is 0 Å². The van der Waals surface area contributed by atoms with E-state index in [-0.39, 0.29) is 5.91 Å². The average Bonchev–Trinajstić information content (AvgIpc) is 3.31. The lowest BCUT2D eigenvalue weighted by atomic mass is 10.1. The van der Waals surface area contributed by atoms with E-state index in [0.29, 0.717) is 36.4 Å². The number of amides is 1. The van der Waals surface area contributed by atoms with Crippen molar-refractivity contribution < 1.29 is 9.53 Å². The Hall–Kier alpha value is -1.78. The number of allylic oxidation sites excluding steroid dienone is 2. The molecule has 138 valence electrons. The summed E-state index contributed by atoms with van der Waals surface area (Å²) in [4.78, 5) is 12.1. The summed E-state index contributed by atoms with van der Waals surface area (Å²) in [5.41, 5.74) is 1.62. The Morgan fingerprint density at radius 2 is 2.00 bits per heavy atom. The molecule has 1 amide bonds. The second kappa shape index (κ2) is 7.45. The minimum Gasteiger partial charge on any atom is -0.377 e. The van der Waals surface area contributed by atoms with Crippen molar-refractivity contribution in [2.75, 3.05) is 19.8 Å². The van der Waals surface area contributed by atoms with Crippen LogP contribution in [0.15, 0.2) is 36.5 Å². The van der Waals surface area contributed by atoms with Gasteiger partial charge in [-0.05, 0) is 50.2 Å². The molecule has 3 aliphatic rings. The molecule has 1 aromatic heterocycles. The maximum atomic E-state index is 12.1. The summed E-state index contributed by atoms with van der Waals surface area (Å²) in [6.45, 7) is 3.87. The Morgan fingerprint density at radius 1 is 1.27 bits per heavy atom. The van der Waals surface area contributed by atoms with Gasteiger partial charge in [0.25, 0.3) is 5.91 Å². The van der Waals surface area contributed by atoms with E-state index in [1.54, 1.807) is 0 Å². The smallest absolute Gasteiger partial charge is 0.253 e. The highest BCUT2D eigenvalue weighted by Gasteiger charge is 2.26. The molecule has 2 fully saturated rings. The van der Waals surface area contributed by atoms with Crippen molar-refractivity contribution in [3.05, 3.63) is 47.1 Å². The molecule has 1 saturated carbocycles. The molecule has 5 rings (SSSR count). The normalized spacial score (nSPS) is 23.6. The van der Waals surface area contributed by atoms with Crippen LogP contribution in [0.2, 0.25) is 5.02 Å². The highest BCUT2D eigenvalue weighted by atomic mass is 35.5. The fraction of sp³-hybridized carbons (Fsp3) is 0.476. The number of nitrogens with one attached hydrogen (secondary N) is 1. The molecular weight excluding hydrogens is 348 g/mol. The molecule has 1 saturated heterocycles. The van der Waals surface area contributed by atoms with Crippen molar-refractivity contribution >= 4 is 28.4 Å². The summed E-state index contributed by atoms with van der Waals surface area (Å²) >= 11 is 6.26. The molecular formula is C21H25ClN2O2. The summed E-state index contributed by atoms with van der Waals surface area (Å²) in [5, 5.41) is 4.26. The van der Waals surface area contributed by atoms with Crippen molar-refractivity contribution in [1.29, 1.82) is 0 Å². The Bertz CT molecular complexity index is 826. The van der Waals surface area contributed by atoms with Crippen LogP contribution < -0.4 is 5.32 Å². The summed E-state index contributed by atoms with van der Waals surface area (Å²) in [6.07, 6.45) is 11.1. The van der Waals surface area contributed by atoms with Gasteiger partial charge in [-0.2, -0.15) is 0 Å². The molecule has 4 nitrogen and oxygen atoms in total. The van der Waals surface area contributed by atoms with Crippen molar-refractivity contribution in [1.82, 2.24) is 9.88 Å². The molecule has 1 N–H and O–H groups in total. The molecule has 2 aromatic rings. The number of nitrogens with zero attached hydrogens (tertiary/aromatic N) is 1. The van der Waals surface area contributed by atoms with E-state index in [0.717, 1.165) is 22.7 Å². The molecule has 26 heavy (non-hydrogen) atoms. The van der Waals surface area contributed by atoms with Gasteiger partial charge in [-0.15, -0.1) is 0 Å². The minimum atomic E-state index is -0.0837. The van der Waals surface area contributed by atoms with Crippen LogP contribution in [0.4, 0.5) is 0 Å². The minimum absolute atomic E-state index is 0.0837. The molecule has 1 unspecified atom stereocenters. The SMILES string of the molecule is C1=C[C@@H]2CCC1C2.CCNC(=O)c1cn(C2COC2)c2cccc(Cl)c12. The molecule has 2 aliphatic carbocycles. The van der Waals surface area contributed by atoms with Gasteiger partial charge < -0.3 is 14.6 Å². The molecule has 0 radical (unpaired) electrons. The van der Waals surface area contributed by atoms with E-state index < -0.39 is 0 Å². The molecule has 1 aliphatic heterocycles. The lowest BCUT2D eigenvalue weighted by Crippen LogP contribution is -2.30. The lowest BCUT2D eigenvalue weighted by Gasteiger charge is -2.28. The van der Waals surface area contributed by atoms with Gasteiger partial charge in [-0.25, -0.2) is 0 Å². The Balaban J connectivity index is 0.000000198. The predicted octanol–water partition coefficient (Wildman–Crippen LogP) is 4.59. The third-order valence-corrected chi connectivity index (χ3v) is 5.89. The molecule has 1 aromatic carbocycles. The summed E-state index contributed by atoms with van der Waals surface area (Å²) in [5.74, 6) is 1.90. The highest BCUT2D eigenvalue weighted by Crippen LogP contribution is 2.38. The molecule has 0 spiro atoms. The fourth-order valence-electron chi connectivity index (χ4n) is 4.10. The van der Waals surface area contributed by atoms with E-state index >= 15 is 0 Å². The van der Waals surface area contributed by atoms with Crippen LogP contribution >= 0.6 is 11.6 Å². The van der Waals surface area contributed by atoms with Crippen molar-refractivity contribution in [2.45, 2.75) is 32.2 Å². The lowest BCUT2D eigenvalue weighted by molar-refractivity contribution is -0.0214. The van der Waals surface area contributed by atoms with Crippen LogP contribution in [-0.2, 0) is 4.74 Å². The number of benzene rings is 1. The van der Waals surface area contributed by atoms with Crippen LogP contribution in [0.3, 0.4) is 0 Å². The zero-order valence-electron chi connectivity index (χ0n) is 15.1. The topological polar surface area (TPSA) is 43.3 Å². The number of carbonyl (C=O) groups excluding carboxylic acids is 1. The van der Waals surface area contributed by atoms with Gasteiger partial charge in [0.05, 0.1) is 35.4 Å². The summed E-state index contributed by atoms with van der Waals surface area (Å²) in [7, 11) is 0. The van der Waals surface area contributed by atoms with Gasteiger partial charge in [0, 0.05) is 18.1 Å². The fourth-order valence-corrected chi connectivity index (χ4v) is 4.37. The first-order valence-electron chi connectivity index (χ1n) is 9.50. The first-order chi connectivity index (χ1) is 12.7. The Morgan fingerprint density at radius 3 is 2.50 bits per heavy atom. The van der Waals surface area contributed by atoms with Crippen LogP contribution in [0.5, 0.6) is 0 Å². The average molecular weight is 373 g/mol. The molecule has 5 heteroatoms. The number of ether oxygens (including phenoxy) is 1. The van der Waals surface area contributed by atoms with E-state index in [4.69, 9.17) is 16.3 Å². The Labute approximate surface area is 159 Å². The van der Waals surface area contributed by atoms with Crippen LogP contribution in [0.25, 0.3) is 10.9 Å². The number of fused-ring (bicyclic) bond motifs is 3. The van der Waals surface area contributed by atoms with E-state index in [2.05, 4.69) is 22.0 Å². The zero-order valence-corrected chi connectivity index (χ0v) is 15.8. The number of carbonyl (C=O) groups is 1. The van der Waals surface area contributed by atoms with Crippen LogP contribution in [0.1, 0.15) is 42.6 Å². The summed E-state index contributed by atoms with van der Waals surface area (Å²) < 4.78 is 7.32. The van der Waals surface area contributed by atoms with Crippen molar-refractivity contribution in [2.24, 2.45) is 11.8 Å². The molecule has 2 bridgehead atoms. The van der Waals surface area contributed by atoms with Gasteiger partial charge in [0.1, 0.15) is 0 Å². The van der Waals surface area contributed by atoms with E-state index in [1.807, 2.05) is 31.3 Å². The third-order valence-electron chi connectivity index (χ3n) is 5.57. The second-order valence-corrected chi connectivity index (χ2v) is 7.76. The van der Waals surface area contributed by atoms with Gasteiger partial charge in [0.2, 0.25) is 0 Å². The predicted molar refractivity (Wildman–Crippen MR) is 105 cm³/mol. The largest absolute Gasteiger partial charge is 0.377 e. The first kappa shape index (κ1) is 17.6.